The van der Waals surface area contributed by atoms with E-state index in [1.807, 2.05) is 39.8 Å². The monoisotopic (exact) mass is 1560 g/mol. The number of oxazole rings is 4. The van der Waals surface area contributed by atoms with E-state index in [9.17, 15) is 48.6 Å². The van der Waals surface area contributed by atoms with E-state index in [0.29, 0.717) is 138 Å². The average molecular weight is 1560 g/mol. The minimum Gasteiger partial charge on any atom is -0.491 e. The summed E-state index contributed by atoms with van der Waals surface area (Å²) in [7, 11) is 0. The molecule has 2 aromatic carbocycles. The van der Waals surface area contributed by atoms with E-state index in [2.05, 4.69) is 55.2 Å². The third kappa shape index (κ3) is 18.5. The maximum Gasteiger partial charge on any atom is 0.373 e. The van der Waals surface area contributed by atoms with Crippen molar-refractivity contribution in [2.45, 2.75) is 120 Å². The number of aliphatic hydroxyl groups excluding tert-OH is 2. The van der Waals surface area contributed by atoms with Crippen molar-refractivity contribution in [3.05, 3.63) is 174 Å². The lowest BCUT2D eigenvalue weighted by atomic mass is 10.1. The molecule has 0 unspecified atom stereocenters. The number of anilines is 2. The molecule has 580 valence electrons. The summed E-state index contributed by atoms with van der Waals surface area (Å²) in [6.45, 7) is 15.0. The molecule has 0 aliphatic carbocycles. The maximum atomic E-state index is 13.5. The Morgan fingerprint density at radius 2 is 0.865 bits per heavy atom. The van der Waals surface area contributed by atoms with Crippen molar-refractivity contribution < 1.29 is 80.8 Å². The predicted molar refractivity (Wildman–Crippen MR) is 403 cm³/mol. The van der Waals surface area contributed by atoms with Crippen LogP contribution in [0.5, 0.6) is 11.5 Å². The van der Waals surface area contributed by atoms with Gasteiger partial charge in [-0.2, -0.15) is 9.98 Å². The molecule has 0 saturated carbocycles. The van der Waals surface area contributed by atoms with Crippen molar-refractivity contribution in [1.82, 2.24) is 58.1 Å². The van der Waals surface area contributed by atoms with Crippen LogP contribution in [0.25, 0.3) is 42.8 Å². The number of hydrogen-bond acceptors (Lipinski definition) is 27. The summed E-state index contributed by atoms with van der Waals surface area (Å²) in [5.41, 5.74) is 33.8. The van der Waals surface area contributed by atoms with Gasteiger partial charge in [0, 0.05) is 103 Å². The number of aliphatic hydroxyl groups is 2. The van der Waals surface area contributed by atoms with Crippen LogP contribution < -0.4 is 53.1 Å². The second-order valence-corrected chi connectivity index (χ2v) is 26.2. The van der Waals surface area contributed by atoms with E-state index in [1.165, 1.54) is 48.0 Å². The molecule has 7 amide bonds. The van der Waals surface area contributed by atoms with Gasteiger partial charge < -0.3 is 80.3 Å². The number of amides is 7. The number of nitrogen functional groups attached to an aromatic ring is 1. The highest BCUT2D eigenvalue weighted by atomic mass is 32.1. The van der Waals surface area contributed by atoms with Gasteiger partial charge in [0.1, 0.15) is 22.5 Å². The molecule has 10 aromatic heterocycles. The molecule has 0 aliphatic rings. The number of rotatable bonds is 29. The topological polar surface area (TPSA) is 558 Å². The SMILES string of the molecule is CCc1nc(C)oc1C(=O)N=c1sc2cc(C(N)=O)cnc2n1C/C=C/Cn1c(N)nc2cc(C(N)=O)cc(OCCCO)c21.CCc1nc(C)oc1C(=O)N=c1sc2cc(C(N)=O)cnc2n1C/C=C/Cn1c(NC(=O)c2oc(C)nc2CC)nc2cc(C(N)=O)cc(OCCCO)c21.CCc1nc(C)oc1C(=O)O. The number of benzene rings is 2. The van der Waals surface area contributed by atoms with E-state index in [0.717, 1.165) is 11.3 Å². The number of thiazole rings is 2. The molecule has 111 heavy (non-hydrogen) atoms. The third-order valence-corrected chi connectivity index (χ3v) is 18.4. The number of fused-ring (bicyclic) bond motifs is 4. The molecule has 12 rings (SSSR count). The molecule has 37 nitrogen and oxygen atoms in total. The number of nitrogens with zero attached hydrogens (tertiary/aromatic N) is 14. The number of carbonyl (C=O) groups excluding carboxylic acids is 7. The van der Waals surface area contributed by atoms with Crippen molar-refractivity contribution in [1.29, 1.82) is 0 Å². The summed E-state index contributed by atoms with van der Waals surface area (Å²) in [5.74, 6) is -3.03. The van der Waals surface area contributed by atoms with Gasteiger partial charge in [0.2, 0.25) is 58.6 Å². The smallest absolute Gasteiger partial charge is 0.373 e. The molecule has 0 radical (unpaired) electrons. The summed E-state index contributed by atoms with van der Waals surface area (Å²) >= 11 is 2.32. The number of hydrogen-bond donors (Lipinski definition) is 9. The van der Waals surface area contributed by atoms with E-state index in [1.54, 1.807) is 70.2 Å². The Hall–Kier alpha value is -13.1. The molecule has 0 saturated heterocycles. The molecule has 0 spiro atoms. The number of pyridine rings is 2. The van der Waals surface area contributed by atoms with Crippen LogP contribution in [-0.2, 0) is 51.9 Å². The van der Waals surface area contributed by atoms with Gasteiger partial charge in [0.05, 0.1) is 67.5 Å². The van der Waals surface area contributed by atoms with Crippen molar-refractivity contribution in [2.24, 2.45) is 32.9 Å². The van der Waals surface area contributed by atoms with Crippen LogP contribution in [0.4, 0.5) is 11.9 Å². The van der Waals surface area contributed by atoms with Gasteiger partial charge >= 0.3 is 17.8 Å². The normalized spacial score (nSPS) is 11.8. The Kier molecular flexibility index (Phi) is 25.9. The largest absolute Gasteiger partial charge is 0.491 e. The van der Waals surface area contributed by atoms with Crippen molar-refractivity contribution in [3.63, 3.8) is 0 Å². The highest BCUT2D eigenvalue weighted by Gasteiger charge is 2.26. The number of ether oxygens (including phenoxy) is 2. The van der Waals surface area contributed by atoms with Gasteiger partial charge in [0.25, 0.3) is 5.91 Å². The van der Waals surface area contributed by atoms with Crippen LogP contribution in [0.15, 0.2) is 101 Å². The molecule has 39 heteroatoms. The Bertz CT molecular complexity index is 5800. The van der Waals surface area contributed by atoms with Crippen LogP contribution in [-0.4, -0.2) is 147 Å². The van der Waals surface area contributed by atoms with Gasteiger partial charge in [-0.15, -0.1) is 0 Å². The second-order valence-electron chi connectivity index (χ2n) is 24.2. The zero-order valence-electron chi connectivity index (χ0n) is 61.3. The van der Waals surface area contributed by atoms with E-state index >= 15 is 0 Å². The number of aromatic carboxylic acids is 1. The Morgan fingerprint density at radius 1 is 0.495 bits per heavy atom. The van der Waals surface area contributed by atoms with Gasteiger partial charge in [-0.1, -0.05) is 74.7 Å². The predicted octanol–water partition coefficient (Wildman–Crippen LogP) is 6.46. The number of carboxylic acid groups (broad SMARTS) is 1. The van der Waals surface area contributed by atoms with E-state index in [4.69, 9.17) is 60.9 Å². The first-order valence-corrected chi connectivity index (χ1v) is 36.2. The molecule has 0 bridgehead atoms. The first-order chi connectivity index (χ1) is 53.2. The summed E-state index contributed by atoms with van der Waals surface area (Å²) in [4.78, 5) is 142. The number of imidazole rings is 2. The number of carboxylic acids is 1. The molecular formula is C72H78N20O17S2. The maximum absolute atomic E-state index is 13.5. The van der Waals surface area contributed by atoms with E-state index in [-0.39, 0.29) is 120 Å². The molecule has 14 N–H and O–H groups in total. The van der Waals surface area contributed by atoms with Gasteiger partial charge in [-0.25, -0.2) is 44.7 Å². The average Bonchev–Trinajstić information content (AvgIpc) is 1.64. The fourth-order valence-corrected chi connectivity index (χ4v) is 13.4. The summed E-state index contributed by atoms with van der Waals surface area (Å²) < 4.78 is 41.4. The van der Waals surface area contributed by atoms with Crippen LogP contribution in [0, 0.1) is 27.7 Å². The number of aryl methyl sites for hydroxylation is 8. The lowest BCUT2D eigenvalue weighted by Crippen LogP contribution is -2.18. The highest BCUT2D eigenvalue weighted by Crippen LogP contribution is 2.34. The third-order valence-electron chi connectivity index (χ3n) is 16.4. The molecular weight excluding hydrogens is 1480 g/mol. The van der Waals surface area contributed by atoms with Crippen molar-refractivity contribution in [3.8, 4) is 11.5 Å². The fraction of sp³-hybridized carbons (Fsp3) is 0.306. The zero-order valence-corrected chi connectivity index (χ0v) is 63.0. The molecule has 0 fully saturated rings. The highest BCUT2D eigenvalue weighted by molar-refractivity contribution is 7.16. The Morgan fingerprint density at radius 3 is 1.26 bits per heavy atom. The van der Waals surface area contributed by atoms with Crippen LogP contribution in [0.3, 0.4) is 0 Å². The van der Waals surface area contributed by atoms with Gasteiger partial charge in [-0.05, 0) is 62.1 Å². The summed E-state index contributed by atoms with van der Waals surface area (Å²) in [6.07, 6.45) is 12.7. The summed E-state index contributed by atoms with van der Waals surface area (Å²) in [6, 6.07) is 9.22. The number of primary amides is 4. The second kappa shape index (κ2) is 35.7. The Balaban J connectivity index is 0.000000210. The number of nitrogens with two attached hydrogens (primary N) is 5. The minimum atomic E-state index is -1.05. The van der Waals surface area contributed by atoms with Gasteiger partial charge in [-0.3, -0.25) is 48.0 Å². The number of aromatic nitrogens is 12. The fourth-order valence-electron chi connectivity index (χ4n) is 11.3. The molecule has 0 aliphatic heterocycles. The Labute approximate surface area is 636 Å². The molecule has 12 aromatic rings. The van der Waals surface area contributed by atoms with Crippen molar-refractivity contribution in [2.75, 3.05) is 37.5 Å². The first kappa shape index (κ1) is 80.4. The lowest BCUT2D eigenvalue weighted by molar-refractivity contribution is 0.0657. The van der Waals surface area contributed by atoms with Crippen LogP contribution >= 0.6 is 22.7 Å². The number of allylic oxidation sites excluding steroid dienone is 4. The standard InChI is InChI=1S/C36H38N10O8S.C29H31N9O6S.C7H9NO3/c1-5-22-28(53-18(3)40-22)33(50)43-35-42-24-14-20(30(37)48)15-25(52-13-9-12-47)27(24)45(35)10-7-8-11-46-32-26(16-21(17-39-32)31(38)49)55-36(46)44-34(51)29-23(6-2)41-19(4)54-29;1-3-18-23(44-15(2)34-18)27(42)36-29-38(26-21(45-29)13-17(14-33-26)25(31)41)8-5-4-7-37-22-19(35-28(37)32)11-16(24(30)40)12-20(22)43-10-6-9-39;1-3-5-6(7(9)10)11-4(2)8-5/h7-8,14-17,47H,5-6,9-13H2,1-4H3,(H2,37,48)(H2,38,49)(H,42,43,50);4-5,11-14,39H,3,6-10H2,1-2H3,(H2,30,40)(H2,31,41)(H2,32,35);3H2,1-2H3,(H,9,10)/b8-7+,44-36?;5-4+,36-29?;. The number of nitrogens with one attached hydrogen (secondary N) is 1. The summed E-state index contributed by atoms with van der Waals surface area (Å²) in [5, 5.41) is 30.0. The van der Waals surface area contributed by atoms with Crippen LogP contribution in [0.1, 0.15) is 171 Å². The van der Waals surface area contributed by atoms with Crippen LogP contribution in [0.2, 0.25) is 0 Å². The molecule has 0 atom stereocenters. The number of carbonyl (C=O) groups is 8. The minimum absolute atomic E-state index is 0.0370. The van der Waals surface area contributed by atoms with Gasteiger partial charge in [0.15, 0.2) is 44.5 Å². The van der Waals surface area contributed by atoms with E-state index < -0.39 is 47.3 Å². The lowest BCUT2D eigenvalue weighted by Gasteiger charge is -2.12. The first-order valence-electron chi connectivity index (χ1n) is 34.5. The van der Waals surface area contributed by atoms with Crippen molar-refractivity contribution >= 4 is 125 Å². The zero-order chi connectivity index (χ0) is 80.1. The quantitative estimate of drug-likeness (QED) is 0.0179. The molecule has 10 heterocycles.